The van der Waals surface area contributed by atoms with E-state index >= 15 is 0 Å². The number of nitrogens with one attached hydrogen (secondary N) is 1. The molecule has 5 nitrogen and oxygen atoms in total. The molecule has 118 valence electrons. The van der Waals surface area contributed by atoms with E-state index in [0.717, 1.165) is 45.0 Å². The lowest BCUT2D eigenvalue weighted by Crippen LogP contribution is -2.44. The third kappa shape index (κ3) is 5.19. The maximum absolute atomic E-state index is 9.70. The van der Waals surface area contributed by atoms with E-state index in [1.165, 1.54) is 0 Å². The first-order valence-electron chi connectivity index (χ1n) is 7.67. The van der Waals surface area contributed by atoms with Gasteiger partial charge in [-0.05, 0) is 31.5 Å². The summed E-state index contributed by atoms with van der Waals surface area (Å²) < 4.78 is 10.8. The molecule has 0 radical (unpaired) electrons. The molecular weight excluding hydrogens is 268 g/mol. The third-order valence-electron chi connectivity index (χ3n) is 3.61. The monoisotopic (exact) mass is 294 g/mol. The second-order valence-corrected chi connectivity index (χ2v) is 5.43. The second-order valence-electron chi connectivity index (χ2n) is 5.43. The molecule has 0 amide bonds. The number of benzene rings is 1. The molecule has 1 aromatic carbocycles. The van der Waals surface area contributed by atoms with Crippen molar-refractivity contribution < 1.29 is 14.6 Å². The van der Waals surface area contributed by atoms with Crippen molar-refractivity contribution in [2.24, 2.45) is 0 Å². The molecule has 0 bridgehead atoms. The predicted octanol–water partition coefficient (Wildman–Crippen LogP) is 1.60. The molecule has 1 aromatic rings. The standard InChI is InChI=1S/C16H26N2O3/c1-3-21-16-10-14(4-5-15(16)19)11-17-13(2)12-18-6-8-20-9-7-18/h4-5,10,13,17,19H,3,6-9,11-12H2,1-2H3. The molecule has 1 atom stereocenters. The normalized spacial score (nSPS) is 17.6. The van der Waals surface area contributed by atoms with Gasteiger partial charge in [-0.1, -0.05) is 6.07 Å². The van der Waals surface area contributed by atoms with Gasteiger partial charge in [-0.3, -0.25) is 4.90 Å². The van der Waals surface area contributed by atoms with E-state index in [4.69, 9.17) is 9.47 Å². The Morgan fingerprint density at radius 2 is 2.14 bits per heavy atom. The number of aromatic hydroxyl groups is 1. The minimum absolute atomic E-state index is 0.196. The Morgan fingerprint density at radius 3 is 2.86 bits per heavy atom. The van der Waals surface area contributed by atoms with Gasteiger partial charge in [0.2, 0.25) is 0 Å². The zero-order valence-corrected chi connectivity index (χ0v) is 13.0. The van der Waals surface area contributed by atoms with E-state index in [1.54, 1.807) is 6.07 Å². The number of hydrogen-bond acceptors (Lipinski definition) is 5. The van der Waals surface area contributed by atoms with Crippen molar-refractivity contribution in [3.63, 3.8) is 0 Å². The largest absolute Gasteiger partial charge is 0.504 e. The van der Waals surface area contributed by atoms with Crippen molar-refractivity contribution >= 4 is 0 Å². The molecule has 0 aromatic heterocycles. The Morgan fingerprint density at radius 1 is 1.38 bits per heavy atom. The van der Waals surface area contributed by atoms with Crippen LogP contribution in [0.25, 0.3) is 0 Å². The molecular formula is C16H26N2O3. The van der Waals surface area contributed by atoms with Crippen LogP contribution in [0.1, 0.15) is 19.4 Å². The SMILES string of the molecule is CCOc1cc(CNC(C)CN2CCOCC2)ccc1O. The van der Waals surface area contributed by atoms with Crippen LogP contribution < -0.4 is 10.1 Å². The highest BCUT2D eigenvalue weighted by Gasteiger charge is 2.13. The number of morpholine rings is 1. The quantitative estimate of drug-likeness (QED) is 0.800. The maximum atomic E-state index is 9.70. The Hall–Kier alpha value is -1.30. The molecule has 21 heavy (non-hydrogen) atoms. The van der Waals surface area contributed by atoms with Gasteiger partial charge in [0.15, 0.2) is 11.5 Å². The molecule has 1 aliphatic rings. The van der Waals surface area contributed by atoms with Crippen molar-refractivity contribution in [1.29, 1.82) is 0 Å². The second kappa shape index (κ2) is 8.22. The van der Waals surface area contributed by atoms with Crippen molar-refractivity contribution in [3.8, 4) is 11.5 Å². The minimum Gasteiger partial charge on any atom is -0.504 e. The zero-order chi connectivity index (χ0) is 15.1. The highest BCUT2D eigenvalue weighted by molar-refractivity contribution is 5.41. The molecule has 1 unspecified atom stereocenters. The van der Waals surface area contributed by atoms with Crippen LogP contribution in [-0.4, -0.2) is 55.5 Å². The zero-order valence-electron chi connectivity index (χ0n) is 13.0. The molecule has 5 heteroatoms. The molecule has 2 N–H and O–H groups in total. The van der Waals surface area contributed by atoms with Gasteiger partial charge in [0.05, 0.1) is 19.8 Å². The molecule has 0 saturated carbocycles. The summed E-state index contributed by atoms with van der Waals surface area (Å²) >= 11 is 0. The van der Waals surface area contributed by atoms with E-state index < -0.39 is 0 Å². The lowest BCUT2D eigenvalue weighted by atomic mass is 10.2. The summed E-state index contributed by atoms with van der Waals surface area (Å²) in [4.78, 5) is 2.42. The number of phenolic OH excluding ortho intramolecular Hbond substituents is 1. The third-order valence-corrected chi connectivity index (χ3v) is 3.61. The first kappa shape index (κ1) is 16.1. The molecule has 2 rings (SSSR count). The van der Waals surface area contributed by atoms with Crippen LogP contribution in [0.5, 0.6) is 11.5 Å². The molecule has 0 spiro atoms. The van der Waals surface area contributed by atoms with E-state index in [0.29, 0.717) is 18.4 Å². The minimum atomic E-state index is 0.196. The summed E-state index contributed by atoms with van der Waals surface area (Å²) in [6.45, 7) is 10.2. The van der Waals surface area contributed by atoms with E-state index in [9.17, 15) is 5.11 Å². The Kier molecular flexibility index (Phi) is 6.29. The fourth-order valence-electron chi connectivity index (χ4n) is 2.47. The van der Waals surface area contributed by atoms with Crippen LogP contribution in [0.2, 0.25) is 0 Å². The lowest BCUT2D eigenvalue weighted by molar-refractivity contribution is 0.0343. The molecule has 0 aliphatic carbocycles. The van der Waals surface area contributed by atoms with E-state index in [-0.39, 0.29) is 5.75 Å². The summed E-state index contributed by atoms with van der Waals surface area (Å²) in [5.74, 6) is 0.750. The van der Waals surface area contributed by atoms with Crippen molar-refractivity contribution in [3.05, 3.63) is 23.8 Å². The summed E-state index contributed by atoms with van der Waals surface area (Å²) in [5, 5.41) is 13.2. The summed E-state index contributed by atoms with van der Waals surface area (Å²) in [5.41, 5.74) is 1.12. The van der Waals surface area contributed by atoms with Crippen molar-refractivity contribution in [1.82, 2.24) is 10.2 Å². The van der Waals surface area contributed by atoms with Crippen LogP contribution in [0.15, 0.2) is 18.2 Å². The van der Waals surface area contributed by atoms with Gasteiger partial charge in [-0.2, -0.15) is 0 Å². The van der Waals surface area contributed by atoms with Gasteiger partial charge in [-0.25, -0.2) is 0 Å². The van der Waals surface area contributed by atoms with Crippen LogP contribution in [-0.2, 0) is 11.3 Å². The smallest absolute Gasteiger partial charge is 0.161 e. The summed E-state index contributed by atoms with van der Waals surface area (Å²) in [6.07, 6.45) is 0. The first-order chi connectivity index (χ1) is 10.2. The number of nitrogens with zero attached hydrogens (tertiary/aromatic N) is 1. The van der Waals surface area contributed by atoms with Crippen molar-refractivity contribution in [2.75, 3.05) is 39.5 Å². The van der Waals surface area contributed by atoms with Gasteiger partial charge in [-0.15, -0.1) is 0 Å². The Bertz CT molecular complexity index is 434. The fraction of sp³-hybridized carbons (Fsp3) is 0.625. The van der Waals surface area contributed by atoms with Crippen LogP contribution >= 0.6 is 0 Å². The van der Waals surface area contributed by atoms with E-state index in [1.807, 2.05) is 19.1 Å². The molecule has 1 saturated heterocycles. The van der Waals surface area contributed by atoms with Gasteiger partial charge in [0, 0.05) is 32.2 Å². The maximum Gasteiger partial charge on any atom is 0.161 e. The highest BCUT2D eigenvalue weighted by atomic mass is 16.5. The average Bonchev–Trinajstić information content (AvgIpc) is 2.49. The van der Waals surface area contributed by atoms with Gasteiger partial charge in [0.25, 0.3) is 0 Å². The van der Waals surface area contributed by atoms with E-state index in [2.05, 4.69) is 17.1 Å². The van der Waals surface area contributed by atoms with Gasteiger partial charge in [0.1, 0.15) is 0 Å². The van der Waals surface area contributed by atoms with Gasteiger partial charge >= 0.3 is 0 Å². The average molecular weight is 294 g/mol. The van der Waals surface area contributed by atoms with Gasteiger partial charge < -0.3 is 19.9 Å². The topological polar surface area (TPSA) is 54.0 Å². The molecule has 1 aliphatic heterocycles. The van der Waals surface area contributed by atoms with Crippen LogP contribution in [0.3, 0.4) is 0 Å². The number of ether oxygens (including phenoxy) is 2. The number of phenols is 1. The highest BCUT2D eigenvalue weighted by Crippen LogP contribution is 2.26. The fourth-order valence-corrected chi connectivity index (χ4v) is 2.47. The number of rotatable bonds is 7. The molecule has 1 fully saturated rings. The Labute approximate surface area is 126 Å². The number of hydrogen-bond donors (Lipinski definition) is 2. The summed E-state index contributed by atoms with van der Waals surface area (Å²) in [6, 6.07) is 5.92. The molecule has 1 heterocycles. The lowest BCUT2D eigenvalue weighted by Gasteiger charge is -2.29. The summed E-state index contributed by atoms with van der Waals surface area (Å²) in [7, 11) is 0. The predicted molar refractivity (Wildman–Crippen MR) is 82.8 cm³/mol. The van der Waals surface area contributed by atoms with Crippen LogP contribution in [0, 0.1) is 0 Å². The van der Waals surface area contributed by atoms with Crippen LogP contribution in [0.4, 0.5) is 0 Å². The van der Waals surface area contributed by atoms with Crippen molar-refractivity contribution in [2.45, 2.75) is 26.4 Å². The Balaban J connectivity index is 1.80. The first-order valence-corrected chi connectivity index (χ1v) is 7.67.